The van der Waals surface area contributed by atoms with Gasteiger partial charge in [-0.25, -0.2) is 15.6 Å². The van der Waals surface area contributed by atoms with Crippen molar-refractivity contribution in [3.63, 3.8) is 0 Å². The molecule has 0 aliphatic carbocycles. The van der Waals surface area contributed by atoms with Crippen molar-refractivity contribution in [2.24, 2.45) is 21.9 Å². The number of likely N-dealkylation sites (N-methyl/N-ethyl adjacent to an activating group) is 1. The molecule has 3 rings (SSSR count). The van der Waals surface area contributed by atoms with Gasteiger partial charge in [0, 0.05) is 12.6 Å². The van der Waals surface area contributed by atoms with Crippen molar-refractivity contribution < 1.29 is 19.1 Å². The number of nitrogens with one attached hydrogen (secondary N) is 1. The normalized spacial score (nSPS) is 16.0. The number of hydrogen-bond acceptors (Lipinski definition) is 9. The second-order valence-corrected chi connectivity index (χ2v) is 6.34. The molecule has 1 atom stereocenters. The smallest absolute Gasteiger partial charge is 0.412 e. The Morgan fingerprint density at radius 3 is 2.73 bits per heavy atom. The minimum atomic E-state index is -0.602. The zero-order chi connectivity index (χ0) is 21.3. The molecule has 1 saturated heterocycles. The first-order valence-electron chi connectivity index (χ1n) is 9.10. The Balaban J connectivity index is 1.65. The number of hydrazone groups is 1. The van der Waals surface area contributed by atoms with Crippen molar-refractivity contribution in [2.45, 2.75) is 12.7 Å². The van der Waals surface area contributed by atoms with Crippen LogP contribution in [0.4, 0.5) is 10.6 Å². The summed E-state index contributed by atoms with van der Waals surface area (Å²) >= 11 is 0. The van der Waals surface area contributed by atoms with E-state index in [-0.39, 0.29) is 25.2 Å². The predicted octanol–water partition coefficient (Wildman–Crippen LogP) is 1.03. The molecule has 1 aliphatic heterocycles. The van der Waals surface area contributed by atoms with Gasteiger partial charge in [-0.15, -0.1) is 0 Å². The average Bonchev–Trinajstić information content (AvgIpc) is 3.57. The average molecular weight is 413 g/mol. The predicted molar refractivity (Wildman–Crippen MR) is 110 cm³/mol. The molecule has 1 unspecified atom stereocenters. The first-order chi connectivity index (χ1) is 14.6. The maximum absolute atomic E-state index is 11.8. The van der Waals surface area contributed by atoms with Gasteiger partial charge in [0.15, 0.2) is 18.2 Å². The number of carbonyl (C=O) groups excluding carboxylic acids is 1. The summed E-state index contributed by atoms with van der Waals surface area (Å²) in [6.45, 7) is 0.871. The molecule has 11 nitrogen and oxygen atoms in total. The highest BCUT2D eigenvalue weighted by molar-refractivity contribution is 6.47. The molecule has 2 heterocycles. The molecule has 0 radical (unpaired) electrons. The Bertz CT molecular complexity index is 914. The highest BCUT2D eigenvalue weighted by Gasteiger charge is 2.24. The van der Waals surface area contributed by atoms with Gasteiger partial charge in [-0.2, -0.15) is 5.10 Å². The minimum Gasteiger partial charge on any atom is -0.446 e. The van der Waals surface area contributed by atoms with E-state index in [2.05, 4.69) is 20.6 Å². The van der Waals surface area contributed by atoms with Crippen LogP contribution in [0, 0.1) is 0 Å². The number of rotatable bonds is 8. The van der Waals surface area contributed by atoms with E-state index in [4.69, 9.17) is 26.0 Å². The number of aromatic nitrogens is 1. The fraction of sp³-hybridized carbons (Fsp3) is 0.263. The van der Waals surface area contributed by atoms with Crippen LogP contribution in [-0.2, 0) is 20.9 Å². The van der Waals surface area contributed by atoms with Crippen LogP contribution in [0.1, 0.15) is 11.3 Å². The van der Waals surface area contributed by atoms with Crippen LogP contribution in [0.25, 0.3) is 0 Å². The van der Waals surface area contributed by atoms with Crippen LogP contribution in [0.15, 0.2) is 58.8 Å². The quantitative estimate of drug-likeness (QED) is 0.191. The number of amides is 1. The molecule has 158 valence electrons. The number of oxime groups is 1. The van der Waals surface area contributed by atoms with E-state index in [9.17, 15) is 4.79 Å². The van der Waals surface area contributed by atoms with Crippen molar-refractivity contribution in [1.82, 2.24) is 9.99 Å². The van der Waals surface area contributed by atoms with Crippen molar-refractivity contribution in [1.29, 1.82) is 0 Å². The lowest BCUT2D eigenvalue weighted by Crippen LogP contribution is -2.40. The number of carbonyl (C=O) groups is 1. The van der Waals surface area contributed by atoms with E-state index in [0.717, 1.165) is 5.56 Å². The van der Waals surface area contributed by atoms with Crippen molar-refractivity contribution >= 4 is 23.5 Å². The lowest BCUT2D eigenvalue weighted by molar-refractivity contribution is 0.128. The fourth-order valence-electron chi connectivity index (χ4n) is 2.40. The molecule has 1 aliphatic rings. The third kappa shape index (κ3) is 6.15. The van der Waals surface area contributed by atoms with Gasteiger partial charge in [0.05, 0.1) is 12.3 Å². The monoisotopic (exact) mass is 413 g/mol. The summed E-state index contributed by atoms with van der Waals surface area (Å²) in [7, 11) is 1.59. The lowest BCUT2D eigenvalue weighted by Gasteiger charge is -2.16. The molecular weight excluding hydrogens is 390 g/mol. The van der Waals surface area contributed by atoms with Crippen molar-refractivity contribution in [3.05, 3.63) is 59.8 Å². The molecule has 0 spiro atoms. The number of hydrogen-bond donors (Lipinski definition) is 3. The summed E-state index contributed by atoms with van der Waals surface area (Å²) < 4.78 is 10.0. The summed E-state index contributed by atoms with van der Waals surface area (Å²) in [4.78, 5) is 21.5. The van der Waals surface area contributed by atoms with Crippen LogP contribution in [0.2, 0.25) is 0 Å². The Morgan fingerprint density at radius 1 is 1.30 bits per heavy atom. The van der Waals surface area contributed by atoms with E-state index in [1.165, 1.54) is 5.01 Å². The van der Waals surface area contributed by atoms with Crippen LogP contribution >= 0.6 is 0 Å². The van der Waals surface area contributed by atoms with E-state index in [1.807, 2.05) is 30.3 Å². The lowest BCUT2D eigenvalue weighted by atomic mass is 10.1. The van der Waals surface area contributed by atoms with E-state index >= 15 is 0 Å². The highest BCUT2D eigenvalue weighted by atomic mass is 16.6. The number of benzene rings is 1. The van der Waals surface area contributed by atoms with E-state index in [1.54, 1.807) is 25.2 Å². The zero-order valence-electron chi connectivity index (χ0n) is 16.4. The molecule has 30 heavy (non-hydrogen) atoms. The van der Waals surface area contributed by atoms with Gasteiger partial charge in [0.1, 0.15) is 18.5 Å². The zero-order valence-corrected chi connectivity index (χ0v) is 16.4. The fourth-order valence-corrected chi connectivity index (χ4v) is 2.40. The molecule has 2 aromatic rings. The Kier molecular flexibility index (Phi) is 7.14. The molecule has 1 aromatic carbocycles. The van der Waals surface area contributed by atoms with Crippen molar-refractivity contribution in [2.75, 3.05) is 25.6 Å². The molecule has 1 aromatic heterocycles. The van der Waals surface area contributed by atoms with Gasteiger partial charge >= 0.3 is 6.09 Å². The summed E-state index contributed by atoms with van der Waals surface area (Å²) in [5.41, 5.74) is 1.63. The number of pyridine rings is 1. The SMILES string of the molecule is CN(N)C(=N\N)/C(=N\OCc1cccc(NC(=O)OCC2CO2)n1)c1ccccc1. The number of hydrazine groups is 1. The first kappa shape index (κ1) is 21.0. The summed E-state index contributed by atoms with van der Waals surface area (Å²) in [6.07, 6.45) is -0.607. The molecule has 0 bridgehead atoms. The number of epoxide rings is 1. The van der Waals surface area contributed by atoms with Gasteiger partial charge in [-0.1, -0.05) is 41.6 Å². The standard InChI is InChI=1S/C19H23N7O4/c1-26(21)18(24-20)17(13-6-3-2-4-7-13)25-30-10-14-8-5-9-16(22-14)23-19(27)29-12-15-11-28-15/h2-9,15H,10-12,20-21H2,1H3,(H,22,23,27)/b24-18-,25-17-. The summed E-state index contributed by atoms with van der Waals surface area (Å²) in [6, 6.07) is 14.3. The molecule has 1 fully saturated rings. The summed E-state index contributed by atoms with van der Waals surface area (Å²) in [5.74, 6) is 11.8. The van der Waals surface area contributed by atoms with E-state index < -0.39 is 6.09 Å². The Hall–Kier alpha value is -3.70. The van der Waals surface area contributed by atoms with Gasteiger partial charge in [-0.3, -0.25) is 10.3 Å². The molecule has 11 heteroatoms. The first-order valence-corrected chi connectivity index (χ1v) is 9.10. The van der Waals surface area contributed by atoms with Gasteiger partial charge < -0.3 is 20.2 Å². The summed E-state index contributed by atoms with van der Waals surface area (Å²) in [5, 5.41) is 11.6. The van der Waals surface area contributed by atoms with Crippen LogP contribution < -0.4 is 17.0 Å². The van der Waals surface area contributed by atoms with Gasteiger partial charge in [0.2, 0.25) is 0 Å². The number of amidine groups is 1. The maximum atomic E-state index is 11.8. The van der Waals surface area contributed by atoms with E-state index in [0.29, 0.717) is 23.8 Å². The Labute approximate surface area is 173 Å². The van der Waals surface area contributed by atoms with Crippen LogP contribution in [0.3, 0.4) is 0 Å². The topological polar surface area (TPSA) is 153 Å². The maximum Gasteiger partial charge on any atom is 0.412 e. The van der Waals surface area contributed by atoms with Gasteiger partial charge in [-0.05, 0) is 12.1 Å². The molecular formula is C19H23N7O4. The minimum absolute atomic E-state index is 0.00497. The largest absolute Gasteiger partial charge is 0.446 e. The Morgan fingerprint density at radius 2 is 2.07 bits per heavy atom. The second kappa shape index (κ2) is 10.2. The van der Waals surface area contributed by atoms with Crippen LogP contribution in [-0.4, -0.2) is 54.0 Å². The highest BCUT2D eigenvalue weighted by Crippen LogP contribution is 2.11. The van der Waals surface area contributed by atoms with Gasteiger partial charge in [0.25, 0.3) is 0 Å². The number of nitrogens with zero attached hydrogens (tertiary/aromatic N) is 4. The van der Waals surface area contributed by atoms with Crippen molar-refractivity contribution in [3.8, 4) is 0 Å². The third-order valence-electron chi connectivity index (χ3n) is 3.92. The molecule has 5 N–H and O–H groups in total. The number of ether oxygens (including phenoxy) is 2. The number of anilines is 1. The second-order valence-electron chi connectivity index (χ2n) is 6.34. The molecule has 1 amide bonds. The number of nitrogens with two attached hydrogens (primary N) is 2. The van der Waals surface area contributed by atoms with Crippen LogP contribution in [0.5, 0.6) is 0 Å². The molecule has 0 saturated carbocycles. The third-order valence-corrected chi connectivity index (χ3v) is 3.92.